The Morgan fingerprint density at radius 1 is 1.36 bits per heavy atom. The number of nitrogens with zero attached hydrogens (tertiary/aromatic N) is 2. The molecule has 0 radical (unpaired) electrons. The van der Waals surface area contributed by atoms with E-state index in [1.54, 1.807) is 0 Å². The second kappa shape index (κ2) is 8.53. The Morgan fingerprint density at radius 2 is 2.14 bits per heavy atom. The number of guanidine groups is 1. The lowest BCUT2D eigenvalue weighted by Crippen LogP contribution is -2.44. The molecule has 1 aliphatic rings. The molecule has 0 spiro atoms. The van der Waals surface area contributed by atoms with Crippen molar-refractivity contribution in [2.45, 2.75) is 51.6 Å². The molecule has 0 aromatic carbocycles. The highest BCUT2D eigenvalue weighted by molar-refractivity contribution is 7.10. The van der Waals surface area contributed by atoms with E-state index in [9.17, 15) is 0 Å². The third-order valence-corrected chi connectivity index (χ3v) is 5.27. The number of aliphatic imine (C=N–C) groups is 1. The molecule has 1 aromatic rings. The highest BCUT2D eigenvalue weighted by Gasteiger charge is 2.30. The van der Waals surface area contributed by atoms with E-state index in [-0.39, 0.29) is 0 Å². The number of hydrogen-bond acceptors (Lipinski definition) is 3. The Kier molecular flexibility index (Phi) is 6.70. The fourth-order valence-corrected chi connectivity index (χ4v) is 3.50. The zero-order valence-corrected chi connectivity index (χ0v) is 15.1. The van der Waals surface area contributed by atoms with Gasteiger partial charge in [-0.05, 0) is 38.1 Å². The predicted octanol–water partition coefficient (Wildman–Crippen LogP) is 2.89. The molecule has 5 heteroatoms. The number of nitrogens with one attached hydrogen (secondary N) is 2. The minimum absolute atomic E-state index is 0.511. The van der Waals surface area contributed by atoms with Gasteiger partial charge in [-0.25, -0.2) is 0 Å². The van der Waals surface area contributed by atoms with E-state index in [4.69, 9.17) is 0 Å². The topological polar surface area (TPSA) is 39.7 Å². The van der Waals surface area contributed by atoms with Crippen LogP contribution in [0.3, 0.4) is 0 Å². The fraction of sp³-hybridized carbons (Fsp3) is 0.706. The van der Waals surface area contributed by atoms with E-state index in [1.807, 2.05) is 18.4 Å². The molecule has 1 saturated carbocycles. The SMILES string of the molecule is CN=C(NCCN(C(C)C)C1CC1)NCC(C)c1cccs1. The van der Waals surface area contributed by atoms with Gasteiger partial charge < -0.3 is 10.6 Å². The van der Waals surface area contributed by atoms with Crippen molar-refractivity contribution < 1.29 is 0 Å². The molecule has 1 aliphatic carbocycles. The second-order valence-corrected chi connectivity index (χ2v) is 7.34. The predicted molar refractivity (Wildman–Crippen MR) is 97.0 cm³/mol. The summed E-state index contributed by atoms with van der Waals surface area (Å²) in [6, 6.07) is 5.75. The highest BCUT2D eigenvalue weighted by Crippen LogP contribution is 2.27. The Morgan fingerprint density at radius 3 is 2.68 bits per heavy atom. The summed E-state index contributed by atoms with van der Waals surface area (Å²) >= 11 is 1.82. The summed E-state index contributed by atoms with van der Waals surface area (Å²) in [5, 5.41) is 9.01. The average Bonchev–Trinajstić information content (AvgIpc) is 3.18. The average molecular weight is 323 g/mol. The van der Waals surface area contributed by atoms with E-state index in [0.29, 0.717) is 12.0 Å². The fourth-order valence-electron chi connectivity index (χ4n) is 2.71. The Balaban J connectivity index is 1.68. The van der Waals surface area contributed by atoms with E-state index in [2.05, 4.69) is 58.8 Å². The first kappa shape index (κ1) is 17.3. The first-order valence-corrected chi connectivity index (χ1v) is 9.23. The smallest absolute Gasteiger partial charge is 0.191 e. The summed E-state index contributed by atoms with van der Waals surface area (Å²) in [6.45, 7) is 9.77. The molecular formula is C17H30N4S. The largest absolute Gasteiger partial charge is 0.356 e. The lowest BCUT2D eigenvalue weighted by Gasteiger charge is -2.26. The summed E-state index contributed by atoms with van der Waals surface area (Å²) in [7, 11) is 1.84. The van der Waals surface area contributed by atoms with Gasteiger partial charge in [-0.1, -0.05) is 13.0 Å². The van der Waals surface area contributed by atoms with Crippen LogP contribution in [0.5, 0.6) is 0 Å². The Bertz CT molecular complexity index is 449. The van der Waals surface area contributed by atoms with Crippen molar-refractivity contribution in [3.05, 3.63) is 22.4 Å². The maximum atomic E-state index is 4.32. The highest BCUT2D eigenvalue weighted by atomic mass is 32.1. The van der Waals surface area contributed by atoms with Crippen molar-refractivity contribution in [2.24, 2.45) is 4.99 Å². The van der Waals surface area contributed by atoms with Crippen molar-refractivity contribution in [3.8, 4) is 0 Å². The molecule has 124 valence electrons. The van der Waals surface area contributed by atoms with Gasteiger partial charge in [0, 0.05) is 49.6 Å². The van der Waals surface area contributed by atoms with Gasteiger partial charge >= 0.3 is 0 Å². The van der Waals surface area contributed by atoms with Gasteiger partial charge in [0.05, 0.1) is 0 Å². The standard InChI is InChI=1S/C17H30N4S/c1-13(2)21(15-7-8-15)10-9-19-17(18-4)20-12-14(3)16-6-5-11-22-16/h5-6,11,13-15H,7-10,12H2,1-4H3,(H2,18,19,20). The third-order valence-electron chi connectivity index (χ3n) is 4.17. The van der Waals surface area contributed by atoms with Crippen molar-refractivity contribution in [3.63, 3.8) is 0 Å². The van der Waals surface area contributed by atoms with Gasteiger partial charge in [0.15, 0.2) is 5.96 Å². The summed E-state index contributed by atoms with van der Waals surface area (Å²) in [5.41, 5.74) is 0. The molecule has 1 aromatic heterocycles. The van der Waals surface area contributed by atoms with Gasteiger partial charge in [0.1, 0.15) is 0 Å². The summed E-state index contributed by atoms with van der Waals surface area (Å²) in [4.78, 5) is 8.33. The van der Waals surface area contributed by atoms with Crippen molar-refractivity contribution in [2.75, 3.05) is 26.7 Å². The molecule has 4 nitrogen and oxygen atoms in total. The monoisotopic (exact) mass is 322 g/mol. The molecule has 22 heavy (non-hydrogen) atoms. The number of hydrogen-bond donors (Lipinski definition) is 2. The number of rotatable bonds is 8. The minimum Gasteiger partial charge on any atom is -0.356 e. The van der Waals surface area contributed by atoms with E-state index in [0.717, 1.165) is 31.6 Å². The second-order valence-electron chi connectivity index (χ2n) is 6.36. The van der Waals surface area contributed by atoms with E-state index >= 15 is 0 Å². The zero-order chi connectivity index (χ0) is 15.9. The Labute approximate surface area is 139 Å². The molecule has 2 N–H and O–H groups in total. The molecule has 1 atom stereocenters. The number of thiophene rings is 1. The summed E-state index contributed by atoms with van der Waals surface area (Å²) in [5.74, 6) is 1.42. The van der Waals surface area contributed by atoms with Gasteiger partial charge in [0.2, 0.25) is 0 Å². The molecule has 1 unspecified atom stereocenters. The quantitative estimate of drug-likeness (QED) is 0.571. The molecule has 0 saturated heterocycles. The van der Waals surface area contributed by atoms with E-state index < -0.39 is 0 Å². The van der Waals surface area contributed by atoms with Crippen LogP contribution in [0.4, 0.5) is 0 Å². The normalized spacial score (nSPS) is 17.1. The van der Waals surface area contributed by atoms with Gasteiger partial charge in [-0.2, -0.15) is 0 Å². The van der Waals surface area contributed by atoms with Crippen LogP contribution in [0.15, 0.2) is 22.5 Å². The van der Waals surface area contributed by atoms with Crippen LogP contribution in [0.1, 0.15) is 44.4 Å². The van der Waals surface area contributed by atoms with E-state index in [1.165, 1.54) is 17.7 Å². The molecule has 1 fully saturated rings. The third kappa shape index (κ3) is 5.29. The molecule has 2 rings (SSSR count). The Hall–Kier alpha value is -1.07. The molecule has 0 bridgehead atoms. The van der Waals surface area contributed by atoms with Crippen LogP contribution in [0, 0.1) is 0 Å². The summed E-state index contributed by atoms with van der Waals surface area (Å²) < 4.78 is 0. The molecule has 0 amide bonds. The van der Waals surface area contributed by atoms with Crippen LogP contribution < -0.4 is 10.6 Å². The van der Waals surface area contributed by atoms with Crippen molar-refractivity contribution in [1.29, 1.82) is 0 Å². The van der Waals surface area contributed by atoms with Gasteiger partial charge in [-0.3, -0.25) is 9.89 Å². The van der Waals surface area contributed by atoms with Crippen molar-refractivity contribution in [1.82, 2.24) is 15.5 Å². The van der Waals surface area contributed by atoms with Crippen LogP contribution in [0.25, 0.3) is 0 Å². The maximum absolute atomic E-state index is 4.32. The lowest BCUT2D eigenvalue weighted by atomic mass is 10.1. The van der Waals surface area contributed by atoms with Crippen LogP contribution in [0.2, 0.25) is 0 Å². The van der Waals surface area contributed by atoms with Gasteiger partial charge in [0.25, 0.3) is 0 Å². The lowest BCUT2D eigenvalue weighted by molar-refractivity contribution is 0.215. The summed E-state index contributed by atoms with van der Waals surface area (Å²) in [6.07, 6.45) is 2.73. The molecular weight excluding hydrogens is 292 g/mol. The zero-order valence-electron chi connectivity index (χ0n) is 14.3. The van der Waals surface area contributed by atoms with Crippen LogP contribution in [-0.2, 0) is 0 Å². The minimum atomic E-state index is 0.511. The van der Waals surface area contributed by atoms with Crippen LogP contribution >= 0.6 is 11.3 Å². The first-order valence-electron chi connectivity index (χ1n) is 8.35. The van der Waals surface area contributed by atoms with Gasteiger partial charge in [-0.15, -0.1) is 11.3 Å². The molecule has 1 heterocycles. The van der Waals surface area contributed by atoms with Crippen molar-refractivity contribution >= 4 is 17.3 Å². The molecule has 0 aliphatic heterocycles. The maximum Gasteiger partial charge on any atom is 0.191 e. The first-order chi connectivity index (χ1) is 10.6. The van der Waals surface area contributed by atoms with Crippen LogP contribution in [-0.4, -0.2) is 49.6 Å².